The van der Waals surface area contributed by atoms with Crippen LogP contribution in [0.1, 0.15) is 0 Å². The zero-order valence-corrected chi connectivity index (χ0v) is 5.65. The maximum Gasteiger partial charge on any atom is 0.408 e. The number of nitrogens with zero attached hydrogens (tertiary/aromatic N) is 1. The van der Waals surface area contributed by atoms with E-state index in [1.165, 1.54) is 12.5 Å². The molecular formula is C7H6N2O2. The van der Waals surface area contributed by atoms with Gasteiger partial charge in [0.2, 0.25) is 0 Å². The Bertz CT molecular complexity index is 309. The molecule has 0 aromatic carbocycles. The number of aromatic nitrogens is 1. The third kappa shape index (κ3) is 0.881. The van der Waals surface area contributed by atoms with Gasteiger partial charge in [0, 0.05) is 12.3 Å². The molecule has 11 heavy (non-hydrogen) atoms. The Morgan fingerprint density at radius 1 is 1.55 bits per heavy atom. The monoisotopic (exact) mass is 150 g/mol. The van der Waals surface area contributed by atoms with Gasteiger partial charge in [0.05, 0.1) is 0 Å². The molecule has 0 radical (unpaired) electrons. The molecule has 2 rings (SSSR count). The molecule has 2 heterocycles. The lowest BCUT2D eigenvalue weighted by molar-refractivity contribution is -0.610. The Morgan fingerprint density at radius 2 is 2.45 bits per heavy atom. The second-order valence-electron chi connectivity index (χ2n) is 2.12. The molecule has 1 N–H and O–H groups in total. The number of anilines is 1. The molecule has 4 nitrogen and oxygen atoms in total. The van der Waals surface area contributed by atoms with Crippen molar-refractivity contribution < 1.29 is 9.47 Å². The molecule has 1 aliphatic rings. The highest BCUT2D eigenvalue weighted by molar-refractivity contribution is 5.53. The van der Waals surface area contributed by atoms with E-state index in [-0.39, 0.29) is 5.88 Å². The van der Waals surface area contributed by atoms with E-state index in [1.54, 1.807) is 18.3 Å². The molecule has 4 heteroatoms. The van der Waals surface area contributed by atoms with Gasteiger partial charge in [-0.05, 0) is 6.07 Å². The van der Waals surface area contributed by atoms with Gasteiger partial charge in [0.25, 0.3) is 0 Å². The first-order valence-corrected chi connectivity index (χ1v) is 3.18. The summed E-state index contributed by atoms with van der Waals surface area (Å²) >= 11 is 0. The van der Waals surface area contributed by atoms with E-state index in [1.807, 2.05) is 0 Å². The average molecular weight is 150 g/mol. The van der Waals surface area contributed by atoms with E-state index < -0.39 is 0 Å². The predicted molar refractivity (Wildman–Crippen MR) is 38.8 cm³/mol. The molecule has 0 fully saturated rings. The van der Waals surface area contributed by atoms with Gasteiger partial charge < -0.3 is 15.3 Å². The highest BCUT2D eigenvalue weighted by Gasteiger charge is 2.14. The van der Waals surface area contributed by atoms with Crippen molar-refractivity contribution in [1.29, 1.82) is 0 Å². The predicted octanol–water partition coefficient (Wildman–Crippen LogP) is 0.596. The molecule has 1 aromatic rings. The van der Waals surface area contributed by atoms with Crippen LogP contribution in [0.25, 0.3) is 0 Å². The van der Waals surface area contributed by atoms with Crippen molar-refractivity contribution in [2.45, 2.75) is 0 Å². The first-order valence-electron chi connectivity index (χ1n) is 3.18. The maximum atomic E-state index is 11.0. The summed E-state index contributed by atoms with van der Waals surface area (Å²) < 4.78 is 5.63. The molecule has 0 spiro atoms. The average Bonchev–Trinajstić information content (AvgIpc) is 2.06. The van der Waals surface area contributed by atoms with Crippen LogP contribution in [-0.2, 0) is 0 Å². The Kier molecular flexibility index (Phi) is 1.18. The van der Waals surface area contributed by atoms with Crippen LogP contribution in [0.15, 0.2) is 30.8 Å². The molecule has 1 aliphatic heterocycles. The van der Waals surface area contributed by atoms with Gasteiger partial charge in [-0.3, -0.25) is 0 Å². The van der Waals surface area contributed by atoms with Crippen molar-refractivity contribution in [3.05, 3.63) is 36.0 Å². The first kappa shape index (κ1) is 6.03. The number of ether oxygens (including phenoxy) is 1. The van der Waals surface area contributed by atoms with Gasteiger partial charge in [-0.2, -0.15) is 0 Å². The normalized spacial score (nSPS) is 13.1. The molecular weight excluding hydrogens is 144 g/mol. The third-order valence-corrected chi connectivity index (χ3v) is 1.40. The fraction of sp³-hybridized carbons (Fsp3) is 0. The molecule has 0 bridgehead atoms. The number of hydrogen-bond donors (Lipinski definition) is 1. The van der Waals surface area contributed by atoms with Crippen molar-refractivity contribution in [2.24, 2.45) is 0 Å². The molecule has 0 unspecified atom stereocenters. The highest BCUT2D eigenvalue weighted by Crippen LogP contribution is 2.21. The Balaban J connectivity index is 2.54. The lowest BCUT2D eigenvalue weighted by Crippen LogP contribution is -2.29. The number of pyridine rings is 1. The lowest BCUT2D eigenvalue weighted by Gasteiger charge is -2.10. The Hall–Kier alpha value is -1.71. The summed E-state index contributed by atoms with van der Waals surface area (Å²) in [6.45, 7) is 0. The van der Waals surface area contributed by atoms with Crippen LogP contribution < -0.4 is 14.8 Å². The van der Waals surface area contributed by atoms with E-state index in [0.29, 0.717) is 10.4 Å². The smallest absolute Gasteiger partial charge is 0.408 e. The first-order chi connectivity index (χ1) is 5.38. The molecule has 0 atom stereocenters. The van der Waals surface area contributed by atoms with Crippen LogP contribution in [0, 0.1) is 5.21 Å². The SMILES string of the molecule is [O-][n+]1cccc2c1OC=CN2. The fourth-order valence-electron chi connectivity index (χ4n) is 0.923. The molecule has 0 saturated carbocycles. The minimum Gasteiger partial charge on any atom is -0.616 e. The summed E-state index contributed by atoms with van der Waals surface area (Å²) in [6, 6.07) is 3.43. The van der Waals surface area contributed by atoms with E-state index >= 15 is 0 Å². The van der Waals surface area contributed by atoms with Crippen molar-refractivity contribution in [1.82, 2.24) is 0 Å². The van der Waals surface area contributed by atoms with Crippen molar-refractivity contribution in [3.8, 4) is 5.88 Å². The lowest BCUT2D eigenvalue weighted by atomic mass is 10.4. The molecule has 1 aromatic heterocycles. The van der Waals surface area contributed by atoms with Crippen LogP contribution >= 0.6 is 0 Å². The molecule has 0 amide bonds. The second kappa shape index (κ2) is 2.16. The van der Waals surface area contributed by atoms with Crippen molar-refractivity contribution in [3.63, 3.8) is 0 Å². The highest BCUT2D eigenvalue weighted by atomic mass is 16.5. The van der Waals surface area contributed by atoms with Gasteiger partial charge in [0.1, 0.15) is 6.26 Å². The van der Waals surface area contributed by atoms with Crippen LogP contribution in [0.4, 0.5) is 5.69 Å². The van der Waals surface area contributed by atoms with Gasteiger partial charge in [0.15, 0.2) is 11.9 Å². The minimum atomic E-state index is 0.287. The standard InChI is InChI=1S/C7H6N2O2/c10-9-4-1-2-6-7(9)11-5-3-8-6/h1-5,8H. The number of fused-ring (bicyclic) bond motifs is 1. The molecule has 0 aliphatic carbocycles. The summed E-state index contributed by atoms with van der Waals surface area (Å²) in [6.07, 6.45) is 4.44. The van der Waals surface area contributed by atoms with Crippen LogP contribution in [-0.4, -0.2) is 0 Å². The molecule has 0 saturated heterocycles. The van der Waals surface area contributed by atoms with E-state index in [4.69, 9.17) is 4.74 Å². The van der Waals surface area contributed by atoms with Crippen LogP contribution in [0.5, 0.6) is 5.88 Å². The van der Waals surface area contributed by atoms with Crippen molar-refractivity contribution >= 4 is 5.69 Å². The fourth-order valence-corrected chi connectivity index (χ4v) is 0.923. The minimum absolute atomic E-state index is 0.287. The number of hydrogen-bond acceptors (Lipinski definition) is 3. The van der Waals surface area contributed by atoms with Crippen LogP contribution in [0.3, 0.4) is 0 Å². The summed E-state index contributed by atoms with van der Waals surface area (Å²) in [7, 11) is 0. The van der Waals surface area contributed by atoms with Crippen molar-refractivity contribution in [2.75, 3.05) is 5.32 Å². The zero-order chi connectivity index (χ0) is 7.68. The number of nitrogens with one attached hydrogen (secondary N) is 1. The van der Waals surface area contributed by atoms with Gasteiger partial charge in [-0.25, -0.2) is 0 Å². The van der Waals surface area contributed by atoms with E-state index in [9.17, 15) is 5.21 Å². The summed E-state index contributed by atoms with van der Waals surface area (Å²) in [5.74, 6) is 0.287. The van der Waals surface area contributed by atoms with Gasteiger partial charge >= 0.3 is 5.88 Å². The summed E-state index contributed by atoms with van der Waals surface area (Å²) in [5, 5.41) is 13.9. The quantitative estimate of drug-likeness (QED) is 0.435. The maximum absolute atomic E-state index is 11.0. The summed E-state index contributed by atoms with van der Waals surface area (Å²) in [4.78, 5) is 0. The van der Waals surface area contributed by atoms with Gasteiger partial charge in [-0.15, -0.1) is 4.73 Å². The third-order valence-electron chi connectivity index (χ3n) is 1.40. The molecule has 56 valence electrons. The second-order valence-corrected chi connectivity index (χ2v) is 2.12. The Morgan fingerprint density at radius 3 is 3.27 bits per heavy atom. The van der Waals surface area contributed by atoms with Gasteiger partial charge in [-0.1, -0.05) is 0 Å². The summed E-state index contributed by atoms with van der Waals surface area (Å²) in [5.41, 5.74) is 0.685. The van der Waals surface area contributed by atoms with E-state index in [0.717, 1.165) is 0 Å². The zero-order valence-electron chi connectivity index (χ0n) is 5.65. The van der Waals surface area contributed by atoms with Crippen LogP contribution in [0.2, 0.25) is 0 Å². The topological polar surface area (TPSA) is 48.2 Å². The van der Waals surface area contributed by atoms with E-state index in [2.05, 4.69) is 5.32 Å². The Labute approximate surface area is 63.3 Å². The largest absolute Gasteiger partial charge is 0.616 e. The number of rotatable bonds is 0.